The number of thiophene rings is 1. The second-order valence-electron chi connectivity index (χ2n) is 5.14. The lowest BCUT2D eigenvalue weighted by Crippen LogP contribution is -2.09. The summed E-state index contributed by atoms with van der Waals surface area (Å²) in [7, 11) is 0. The number of aromatic amines is 1. The minimum atomic E-state index is -0.114. The van der Waals surface area contributed by atoms with E-state index in [1.54, 1.807) is 6.07 Å². The zero-order chi connectivity index (χ0) is 15.8. The first-order valence-electron chi connectivity index (χ1n) is 7.10. The third-order valence-electron chi connectivity index (χ3n) is 3.62. The second-order valence-corrected chi connectivity index (χ2v) is 6.95. The minimum absolute atomic E-state index is 0.114. The van der Waals surface area contributed by atoms with Gasteiger partial charge in [0.25, 0.3) is 5.91 Å². The molecule has 23 heavy (non-hydrogen) atoms. The van der Waals surface area contributed by atoms with Gasteiger partial charge in [-0.25, -0.2) is 4.98 Å². The SMILES string of the molecule is Cc1[nH]c2ccccc2c1-c1csc(NC(=O)c2cccs2)n1. The topological polar surface area (TPSA) is 57.8 Å². The standard InChI is InChI=1S/C17H13N3OS2/c1-10-15(11-5-2-3-6-12(11)18-10)13-9-23-17(19-13)20-16(21)14-7-4-8-22-14/h2-9,18H,1H3,(H,19,20,21). The number of nitrogens with zero attached hydrogens (tertiary/aromatic N) is 1. The van der Waals surface area contributed by atoms with Crippen molar-refractivity contribution in [1.29, 1.82) is 0 Å². The summed E-state index contributed by atoms with van der Waals surface area (Å²) in [5, 5.41) is 8.49. The van der Waals surface area contributed by atoms with E-state index in [4.69, 9.17) is 0 Å². The molecule has 0 aliphatic carbocycles. The van der Waals surface area contributed by atoms with Gasteiger partial charge in [-0.05, 0) is 24.4 Å². The van der Waals surface area contributed by atoms with Gasteiger partial charge >= 0.3 is 0 Å². The summed E-state index contributed by atoms with van der Waals surface area (Å²) >= 11 is 2.86. The quantitative estimate of drug-likeness (QED) is 0.557. The van der Waals surface area contributed by atoms with Crippen LogP contribution in [-0.4, -0.2) is 15.9 Å². The summed E-state index contributed by atoms with van der Waals surface area (Å²) in [6.07, 6.45) is 0. The first-order chi connectivity index (χ1) is 11.2. The van der Waals surface area contributed by atoms with Crippen LogP contribution in [0.5, 0.6) is 0 Å². The summed E-state index contributed by atoms with van der Waals surface area (Å²) in [4.78, 5) is 20.8. The molecule has 3 aromatic heterocycles. The molecule has 0 saturated heterocycles. The summed E-state index contributed by atoms with van der Waals surface area (Å²) in [6, 6.07) is 11.8. The van der Waals surface area contributed by atoms with Gasteiger partial charge in [0.2, 0.25) is 0 Å². The first kappa shape index (κ1) is 14.2. The van der Waals surface area contributed by atoms with Crippen molar-refractivity contribution in [1.82, 2.24) is 9.97 Å². The maximum absolute atomic E-state index is 12.1. The molecule has 4 rings (SSSR count). The third kappa shape index (κ3) is 2.56. The summed E-state index contributed by atoms with van der Waals surface area (Å²) in [5.74, 6) is -0.114. The molecule has 2 N–H and O–H groups in total. The predicted octanol–water partition coefficient (Wildman–Crippen LogP) is 4.91. The largest absolute Gasteiger partial charge is 0.358 e. The summed E-state index contributed by atoms with van der Waals surface area (Å²) in [5.41, 5.74) is 4.14. The molecule has 1 amide bonds. The Morgan fingerprint density at radius 1 is 1.17 bits per heavy atom. The number of thiazole rings is 1. The van der Waals surface area contributed by atoms with E-state index < -0.39 is 0 Å². The van der Waals surface area contributed by atoms with Crippen molar-refractivity contribution < 1.29 is 4.79 Å². The Balaban J connectivity index is 1.67. The van der Waals surface area contributed by atoms with Gasteiger partial charge in [0, 0.05) is 27.5 Å². The van der Waals surface area contributed by atoms with E-state index in [1.807, 2.05) is 35.9 Å². The molecule has 0 fully saturated rings. The van der Waals surface area contributed by atoms with Crippen LogP contribution in [-0.2, 0) is 0 Å². The number of benzene rings is 1. The van der Waals surface area contributed by atoms with E-state index in [2.05, 4.69) is 27.4 Å². The number of aromatic nitrogens is 2. The average molecular weight is 339 g/mol. The molecule has 0 unspecified atom stereocenters. The van der Waals surface area contributed by atoms with Crippen molar-refractivity contribution in [2.45, 2.75) is 6.92 Å². The number of amides is 1. The minimum Gasteiger partial charge on any atom is -0.358 e. The number of para-hydroxylation sites is 1. The van der Waals surface area contributed by atoms with Crippen LogP contribution < -0.4 is 5.32 Å². The third-order valence-corrected chi connectivity index (χ3v) is 5.25. The number of carbonyl (C=O) groups excluding carboxylic acids is 1. The van der Waals surface area contributed by atoms with Gasteiger partial charge in [-0.3, -0.25) is 10.1 Å². The summed E-state index contributed by atoms with van der Waals surface area (Å²) < 4.78 is 0. The van der Waals surface area contributed by atoms with E-state index in [1.165, 1.54) is 22.7 Å². The fourth-order valence-corrected chi connectivity index (χ4v) is 3.93. The van der Waals surface area contributed by atoms with Crippen LogP contribution >= 0.6 is 22.7 Å². The van der Waals surface area contributed by atoms with Crippen LogP contribution in [0.15, 0.2) is 47.2 Å². The van der Waals surface area contributed by atoms with Crippen LogP contribution in [0.25, 0.3) is 22.2 Å². The lowest BCUT2D eigenvalue weighted by atomic mass is 10.1. The van der Waals surface area contributed by atoms with E-state index in [-0.39, 0.29) is 5.91 Å². The van der Waals surface area contributed by atoms with Gasteiger partial charge in [0.05, 0.1) is 10.6 Å². The highest BCUT2D eigenvalue weighted by Crippen LogP contribution is 2.33. The van der Waals surface area contributed by atoms with Crippen LogP contribution in [0.1, 0.15) is 15.4 Å². The van der Waals surface area contributed by atoms with Crippen molar-refractivity contribution in [2.24, 2.45) is 0 Å². The second kappa shape index (κ2) is 5.64. The molecule has 114 valence electrons. The van der Waals surface area contributed by atoms with Gasteiger partial charge in [-0.1, -0.05) is 24.3 Å². The normalized spacial score (nSPS) is 11.0. The monoisotopic (exact) mass is 339 g/mol. The van der Waals surface area contributed by atoms with E-state index >= 15 is 0 Å². The predicted molar refractivity (Wildman–Crippen MR) is 96.4 cm³/mol. The number of nitrogens with one attached hydrogen (secondary N) is 2. The number of aryl methyl sites for hydroxylation is 1. The fraction of sp³-hybridized carbons (Fsp3) is 0.0588. The number of carbonyl (C=O) groups is 1. The highest BCUT2D eigenvalue weighted by molar-refractivity contribution is 7.14. The highest BCUT2D eigenvalue weighted by atomic mass is 32.1. The number of anilines is 1. The smallest absolute Gasteiger partial charge is 0.267 e. The van der Waals surface area contributed by atoms with E-state index in [0.29, 0.717) is 10.0 Å². The van der Waals surface area contributed by atoms with Gasteiger partial charge in [-0.15, -0.1) is 22.7 Å². The van der Waals surface area contributed by atoms with Crippen LogP contribution in [0.3, 0.4) is 0 Å². The van der Waals surface area contributed by atoms with Crippen molar-refractivity contribution in [2.75, 3.05) is 5.32 Å². The van der Waals surface area contributed by atoms with Crippen LogP contribution in [0, 0.1) is 6.92 Å². The first-order valence-corrected chi connectivity index (χ1v) is 8.86. The maximum Gasteiger partial charge on any atom is 0.267 e. The van der Waals surface area contributed by atoms with Crippen molar-refractivity contribution in [3.05, 3.63) is 57.7 Å². The Morgan fingerprint density at radius 3 is 2.87 bits per heavy atom. The van der Waals surface area contributed by atoms with Crippen molar-refractivity contribution in [3.8, 4) is 11.3 Å². The van der Waals surface area contributed by atoms with Gasteiger partial charge in [-0.2, -0.15) is 0 Å². The molecule has 3 heterocycles. The number of rotatable bonds is 3. The Labute approximate surface area is 140 Å². The van der Waals surface area contributed by atoms with Gasteiger partial charge in [0.15, 0.2) is 5.13 Å². The number of H-pyrrole nitrogens is 1. The molecular weight excluding hydrogens is 326 g/mol. The molecule has 0 aliphatic rings. The number of hydrogen-bond donors (Lipinski definition) is 2. The molecule has 0 aliphatic heterocycles. The highest BCUT2D eigenvalue weighted by Gasteiger charge is 2.15. The number of fused-ring (bicyclic) bond motifs is 1. The molecule has 4 nitrogen and oxygen atoms in total. The van der Waals surface area contributed by atoms with Crippen LogP contribution in [0.4, 0.5) is 5.13 Å². The summed E-state index contributed by atoms with van der Waals surface area (Å²) in [6.45, 7) is 2.04. The Kier molecular flexibility index (Phi) is 3.48. The fourth-order valence-electron chi connectivity index (χ4n) is 2.62. The van der Waals surface area contributed by atoms with E-state index in [9.17, 15) is 4.79 Å². The van der Waals surface area contributed by atoms with Crippen LogP contribution in [0.2, 0.25) is 0 Å². The lowest BCUT2D eigenvalue weighted by Gasteiger charge is -1.99. The molecule has 0 bridgehead atoms. The van der Waals surface area contributed by atoms with E-state index in [0.717, 1.165) is 27.9 Å². The van der Waals surface area contributed by atoms with Crippen molar-refractivity contribution in [3.63, 3.8) is 0 Å². The Morgan fingerprint density at radius 2 is 2.04 bits per heavy atom. The average Bonchev–Trinajstić information content (AvgIpc) is 3.25. The Bertz CT molecular complexity index is 983. The molecule has 4 aromatic rings. The molecule has 0 saturated carbocycles. The molecule has 0 atom stereocenters. The Hall–Kier alpha value is -2.44. The molecule has 1 aromatic carbocycles. The van der Waals surface area contributed by atoms with Gasteiger partial charge in [0.1, 0.15) is 0 Å². The zero-order valence-corrected chi connectivity index (χ0v) is 13.9. The van der Waals surface area contributed by atoms with Gasteiger partial charge < -0.3 is 4.98 Å². The molecule has 0 radical (unpaired) electrons. The zero-order valence-electron chi connectivity index (χ0n) is 12.3. The van der Waals surface area contributed by atoms with Crippen molar-refractivity contribution >= 4 is 44.6 Å². The molecule has 0 spiro atoms. The molecule has 6 heteroatoms. The maximum atomic E-state index is 12.1. The number of hydrogen-bond acceptors (Lipinski definition) is 4. The lowest BCUT2D eigenvalue weighted by molar-refractivity contribution is 0.103. The molecular formula is C17H13N3OS2.